The summed E-state index contributed by atoms with van der Waals surface area (Å²) in [5.74, 6) is -1.14. The van der Waals surface area contributed by atoms with Gasteiger partial charge in [0.1, 0.15) is 17.4 Å². The summed E-state index contributed by atoms with van der Waals surface area (Å²) in [7, 11) is 1.55. The molecule has 2 N–H and O–H groups in total. The lowest BCUT2D eigenvalue weighted by atomic mass is 10.1. The summed E-state index contributed by atoms with van der Waals surface area (Å²) < 4.78 is 31.6. The Morgan fingerprint density at radius 1 is 1.20 bits per heavy atom. The first-order chi connectivity index (χ1) is 12.1. The number of methoxy groups -OCH3 is 1. The highest BCUT2D eigenvalue weighted by Crippen LogP contribution is 2.25. The molecule has 0 spiro atoms. The van der Waals surface area contributed by atoms with Gasteiger partial charge in [0.05, 0.1) is 24.6 Å². The van der Waals surface area contributed by atoms with E-state index in [1.165, 1.54) is 18.3 Å². The summed E-state index contributed by atoms with van der Waals surface area (Å²) in [6.45, 7) is -0.00373. The first-order valence-corrected chi connectivity index (χ1v) is 7.48. The van der Waals surface area contributed by atoms with E-state index in [9.17, 15) is 13.6 Å². The molecule has 128 valence electrons. The first-order valence-electron chi connectivity index (χ1n) is 7.48. The number of hydrogen-bond donors (Lipinski definition) is 2. The fraction of sp³-hybridized carbons (Fsp3) is 0.111. The Bertz CT molecular complexity index is 889. The number of benzene rings is 2. The molecule has 0 atom stereocenters. The van der Waals surface area contributed by atoms with E-state index < -0.39 is 17.5 Å². The Balaban J connectivity index is 1.78. The second kappa shape index (κ2) is 7.12. The van der Waals surface area contributed by atoms with E-state index in [-0.39, 0.29) is 6.54 Å². The maximum atomic E-state index is 13.2. The molecule has 0 fully saturated rings. The van der Waals surface area contributed by atoms with Gasteiger partial charge in [0.25, 0.3) is 5.91 Å². The van der Waals surface area contributed by atoms with E-state index >= 15 is 0 Å². The topological polar surface area (TPSA) is 67.0 Å². The second-order valence-corrected chi connectivity index (χ2v) is 5.35. The molecular formula is C18H15F2N3O2. The minimum Gasteiger partial charge on any atom is -0.497 e. The van der Waals surface area contributed by atoms with Crippen LogP contribution < -0.4 is 10.1 Å². The fourth-order valence-corrected chi connectivity index (χ4v) is 2.45. The summed E-state index contributed by atoms with van der Waals surface area (Å²) in [6, 6.07) is 10.3. The Morgan fingerprint density at radius 3 is 2.68 bits per heavy atom. The van der Waals surface area contributed by atoms with Crippen LogP contribution in [0.15, 0.2) is 48.7 Å². The highest BCUT2D eigenvalue weighted by molar-refractivity contribution is 5.99. The van der Waals surface area contributed by atoms with Crippen molar-refractivity contribution < 1.29 is 18.3 Å². The minimum atomic E-state index is -0.690. The number of amides is 1. The van der Waals surface area contributed by atoms with Gasteiger partial charge in [-0.1, -0.05) is 12.1 Å². The second-order valence-electron chi connectivity index (χ2n) is 5.35. The third-order valence-electron chi connectivity index (χ3n) is 3.62. The van der Waals surface area contributed by atoms with Gasteiger partial charge in [0.2, 0.25) is 0 Å². The van der Waals surface area contributed by atoms with Crippen LogP contribution in [0.5, 0.6) is 5.75 Å². The number of rotatable bonds is 5. The van der Waals surface area contributed by atoms with Crippen molar-refractivity contribution in [2.24, 2.45) is 0 Å². The van der Waals surface area contributed by atoms with Crippen molar-refractivity contribution in [2.45, 2.75) is 6.54 Å². The third kappa shape index (κ3) is 3.82. The summed E-state index contributed by atoms with van der Waals surface area (Å²) in [5, 5.41) is 9.33. The Hall–Kier alpha value is -3.22. The van der Waals surface area contributed by atoms with Crippen LogP contribution in [0.4, 0.5) is 8.78 Å². The quantitative estimate of drug-likeness (QED) is 0.747. The molecule has 25 heavy (non-hydrogen) atoms. The van der Waals surface area contributed by atoms with Gasteiger partial charge in [-0.2, -0.15) is 5.10 Å². The van der Waals surface area contributed by atoms with Gasteiger partial charge in [-0.3, -0.25) is 9.89 Å². The predicted molar refractivity (Wildman–Crippen MR) is 88.1 cm³/mol. The number of ether oxygens (including phenoxy) is 1. The van der Waals surface area contributed by atoms with E-state index in [1.54, 1.807) is 25.3 Å². The molecule has 0 saturated carbocycles. The Kier molecular flexibility index (Phi) is 4.74. The summed E-state index contributed by atoms with van der Waals surface area (Å²) in [5.41, 5.74) is 1.92. The van der Waals surface area contributed by atoms with Gasteiger partial charge in [-0.25, -0.2) is 8.78 Å². The molecule has 3 aromatic rings. The molecule has 1 aromatic heterocycles. The maximum Gasteiger partial charge on any atom is 0.255 e. The highest BCUT2D eigenvalue weighted by Gasteiger charge is 2.15. The molecule has 0 bridgehead atoms. The number of nitrogens with one attached hydrogen (secondary N) is 2. The van der Waals surface area contributed by atoms with E-state index in [4.69, 9.17) is 4.74 Å². The average Bonchev–Trinajstić information content (AvgIpc) is 3.09. The zero-order valence-electron chi connectivity index (χ0n) is 13.3. The Morgan fingerprint density at radius 2 is 1.96 bits per heavy atom. The van der Waals surface area contributed by atoms with Crippen molar-refractivity contribution >= 4 is 5.91 Å². The standard InChI is InChI=1S/C18H15F2N3O2/c1-25-15-4-2-3-12(7-15)17-16(10-22-23-17)18(24)21-9-11-5-13(19)8-14(20)6-11/h2-8,10H,9H2,1H3,(H,21,24)(H,22,23). The normalized spacial score (nSPS) is 10.5. The van der Waals surface area contributed by atoms with Crippen LogP contribution in [0.2, 0.25) is 0 Å². The monoisotopic (exact) mass is 343 g/mol. The largest absolute Gasteiger partial charge is 0.497 e. The van der Waals surface area contributed by atoms with Gasteiger partial charge in [0.15, 0.2) is 0 Å². The maximum absolute atomic E-state index is 13.2. The van der Waals surface area contributed by atoms with Crippen LogP contribution in [-0.4, -0.2) is 23.2 Å². The lowest BCUT2D eigenvalue weighted by Crippen LogP contribution is -2.23. The zero-order valence-corrected chi connectivity index (χ0v) is 13.3. The molecular weight excluding hydrogens is 328 g/mol. The number of nitrogens with zero attached hydrogens (tertiary/aromatic N) is 1. The molecule has 1 heterocycles. The predicted octanol–water partition coefficient (Wildman–Crippen LogP) is 3.29. The van der Waals surface area contributed by atoms with Crippen LogP contribution in [0.25, 0.3) is 11.3 Å². The number of aromatic nitrogens is 2. The van der Waals surface area contributed by atoms with Crippen LogP contribution in [0, 0.1) is 11.6 Å². The van der Waals surface area contributed by atoms with Crippen molar-refractivity contribution in [1.82, 2.24) is 15.5 Å². The number of aromatic amines is 1. The highest BCUT2D eigenvalue weighted by atomic mass is 19.1. The van der Waals surface area contributed by atoms with Gasteiger partial charge in [-0.15, -0.1) is 0 Å². The molecule has 0 saturated heterocycles. The molecule has 0 aliphatic rings. The molecule has 5 nitrogen and oxygen atoms in total. The lowest BCUT2D eigenvalue weighted by Gasteiger charge is -2.07. The van der Waals surface area contributed by atoms with Crippen molar-refractivity contribution in [3.05, 3.63) is 71.4 Å². The minimum absolute atomic E-state index is 0.00373. The van der Waals surface area contributed by atoms with Gasteiger partial charge < -0.3 is 10.1 Å². The van der Waals surface area contributed by atoms with E-state index in [2.05, 4.69) is 15.5 Å². The van der Waals surface area contributed by atoms with Crippen LogP contribution in [0.1, 0.15) is 15.9 Å². The number of carbonyl (C=O) groups is 1. The molecule has 0 unspecified atom stereocenters. The SMILES string of the molecule is COc1cccc(-c2[nH]ncc2C(=O)NCc2cc(F)cc(F)c2)c1. The Labute approximate surface area is 142 Å². The van der Waals surface area contributed by atoms with E-state index in [0.29, 0.717) is 22.6 Å². The zero-order chi connectivity index (χ0) is 17.8. The number of H-pyrrole nitrogens is 1. The van der Waals surface area contributed by atoms with Gasteiger partial charge in [-0.05, 0) is 29.8 Å². The molecule has 0 radical (unpaired) electrons. The number of hydrogen-bond acceptors (Lipinski definition) is 3. The molecule has 0 aliphatic heterocycles. The number of halogens is 2. The fourth-order valence-electron chi connectivity index (χ4n) is 2.45. The third-order valence-corrected chi connectivity index (χ3v) is 3.62. The van der Waals surface area contributed by atoms with Crippen molar-refractivity contribution in [3.8, 4) is 17.0 Å². The molecule has 1 amide bonds. The van der Waals surface area contributed by atoms with Crippen molar-refractivity contribution in [1.29, 1.82) is 0 Å². The van der Waals surface area contributed by atoms with E-state index in [1.807, 2.05) is 6.07 Å². The van der Waals surface area contributed by atoms with Crippen molar-refractivity contribution in [3.63, 3.8) is 0 Å². The molecule has 2 aromatic carbocycles. The van der Waals surface area contributed by atoms with Crippen LogP contribution >= 0.6 is 0 Å². The van der Waals surface area contributed by atoms with Gasteiger partial charge >= 0.3 is 0 Å². The molecule has 7 heteroatoms. The van der Waals surface area contributed by atoms with Crippen LogP contribution in [0.3, 0.4) is 0 Å². The number of carbonyl (C=O) groups excluding carboxylic acids is 1. The summed E-state index contributed by atoms with van der Waals surface area (Å²) >= 11 is 0. The molecule has 3 rings (SSSR count). The molecule has 0 aliphatic carbocycles. The van der Waals surface area contributed by atoms with Crippen LogP contribution in [-0.2, 0) is 6.54 Å². The van der Waals surface area contributed by atoms with Gasteiger partial charge in [0, 0.05) is 18.2 Å². The summed E-state index contributed by atoms with van der Waals surface area (Å²) in [4.78, 5) is 12.4. The average molecular weight is 343 g/mol. The summed E-state index contributed by atoms with van der Waals surface area (Å²) in [6.07, 6.45) is 1.40. The smallest absolute Gasteiger partial charge is 0.255 e. The van der Waals surface area contributed by atoms with E-state index in [0.717, 1.165) is 11.6 Å². The first kappa shape index (κ1) is 16.6. The van der Waals surface area contributed by atoms with Crippen molar-refractivity contribution in [2.75, 3.05) is 7.11 Å². The lowest BCUT2D eigenvalue weighted by molar-refractivity contribution is 0.0951.